The number of aromatic nitrogens is 7. The van der Waals surface area contributed by atoms with Crippen LogP contribution >= 0.6 is 107 Å². The van der Waals surface area contributed by atoms with Gasteiger partial charge in [0.15, 0.2) is 12.4 Å². The number of nitriles is 1. The van der Waals surface area contributed by atoms with Gasteiger partial charge in [-0.15, -0.1) is 85.8 Å². The number of hydrogen-bond donors (Lipinski definition) is 0. The Morgan fingerprint density at radius 1 is 0.514 bits per heavy atom. The Labute approximate surface area is 465 Å². The third-order valence-corrected chi connectivity index (χ3v) is 16.9. The van der Waals surface area contributed by atoms with Crippen molar-refractivity contribution in [3.8, 4) is 42.1 Å². The highest BCUT2D eigenvalue weighted by Crippen LogP contribution is 2.24. The van der Waals surface area contributed by atoms with Crippen molar-refractivity contribution >= 4 is 107 Å². The molecule has 0 amide bonds. The van der Waals surface area contributed by atoms with Crippen LogP contribution in [0, 0.1) is 53.3 Å². The molecule has 0 aliphatic rings. The second kappa shape index (κ2) is 36.1. The van der Waals surface area contributed by atoms with E-state index in [4.69, 9.17) is 23.3 Å². The number of alkyl halides is 3. The molecule has 0 aliphatic carbocycles. The fourth-order valence-corrected chi connectivity index (χ4v) is 10.3. The van der Waals surface area contributed by atoms with Crippen LogP contribution in [0.15, 0.2) is 42.3 Å². The first-order chi connectivity index (χ1) is 33.9. The van der Waals surface area contributed by atoms with Crippen molar-refractivity contribution in [1.29, 1.82) is 5.26 Å². The molecule has 0 fully saturated rings. The van der Waals surface area contributed by atoms with E-state index < -0.39 is 13.1 Å². The van der Waals surface area contributed by atoms with E-state index in [9.17, 15) is 17.6 Å². The molecule has 0 atom stereocenters. The number of hydrogen-bond acceptors (Lipinski definition) is 15. The van der Waals surface area contributed by atoms with Crippen LogP contribution in [0.5, 0.6) is 0 Å². The molecule has 21 heteroatoms. The molecule has 72 heavy (non-hydrogen) atoms. The number of nitrogens with zero attached hydrogens (tertiary/aromatic N) is 8. The molecule has 0 saturated carbocycles. The zero-order chi connectivity index (χ0) is 54.5. The van der Waals surface area contributed by atoms with Gasteiger partial charge < -0.3 is 0 Å². The van der Waals surface area contributed by atoms with Gasteiger partial charge in [-0.1, -0.05) is 114 Å². The number of halogens is 6. The van der Waals surface area contributed by atoms with E-state index in [1.807, 2.05) is 55.3 Å². The molecule has 7 aromatic rings. The highest BCUT2D eigenvalue weighted by molar-refractivity contribution is 9.10. The monoisotopic (exact) mass is 1200 g/mol. The SMILES string of the molecule is C#Cc1csc(C(C)C)n1.CC(C)c1nc(Br)cs1.CC(C)c1nc(C#CC(F)F)cs1.CC(C)c1nc(C#CCF)cs1.CC(C)c1nc(C#N)cs1.CC(C)c1nc(Cl)cs1.CC(C)c1nc(F)cs1. The summed E-state index contributed by atoms with van der Waals surface area (Å²) in [6, 6.07) is 2.00. The quantitative estimate of drug-likeness (QED) is 0.115. The molecule has 7 heterocycles. The average Bonchev–Trinajstić information content (AvgIpc) is 4.18. The molecule has 7 aromatic heterocycles. The summed E-state index contributed by atoms with van der Waals surface area (Å²) in [7, 11) is 0. The summed E-state index contributed by atoms with van der Waals surface area (Å²) >= 11 is 19.8. The lowest BCUT2D eigenvalue weighted by atomic mass is 10.2. The summed E-state index contributed by atoms with van der Waals surface area (Å²) in [5.74, 6) is 14.3. The minimum absolute atomic E-state index is 0.326. The zero-order valence-corrected chi connectivity index (χ0v) is 50.7. The lowest BCUT2D eigenvalue weighted by Gasteiger charge is -1.94. The molecule has 0 saturated heterocycles. The lowest BCUT2D eigenvalue weighted by Crippen LogP contribution is -1.86. The van der Waals surface area contributed by atoms with E-state index >= 15 is 0 Å². The van der Waals surface area contributed by atoms with Crippen LogP contribution in [0.2, 0.25) is 5.15 Å². The van der Waals surface area contributed by atoms with Crippen molar-refractivity contribution in [2.75, 3.05) is 6.67 Å². The van der Waals surface area contributed by atoms with Gasteiger partial charge in [0.25, 0.3) is 6.43 Å². The van der Waals surface area contributed by atoms with Crippen molar-refractivity contribution < 1.29 is 17.6 Å². The Balaban J connectivity index is 0.000000422. The molecule has 0 N–H and O–H groups in total. The van der Waals surface area contributed by atoms with Crippen molar-refractivity contribution in [2.45, 2.75) is 145 Å². The molecule has 0 unspecified atom stereocenters. The van der Waals surface area contributed by atoms with E-state index in [-0.39, 0.29) is 5.95 Å². The first-order valence-corrected chi connectivity index (χ1v) is 29.6. The number of terminal acetylenes is 1. The lowest BCUT2D eigenvalue weighted by molar-refractivity contribution is 0.215. The molecular weight excluding hydrogens is 1140 g/mol. The maximum absolute atomic E-state index is 12.2. The van der Waals surface area contributed by atoms with Gasteiger partial charge in [-0.3, -0.25) is 0 Å². The third-order valence-electron chi connectivity index (χ3n) is 7.88. The number of rotatable bonds is 7. The van der Waals surface area contributed by atoms with Crippen LogP contribution in [0.25, 0.3) is 0 Å². The Hall–Kier alpha value is -3.93. The Morgan fingerprint density at radius 2 is 0.861 bits per heavy atom. The van der Waals surface area contributed by atoms with Gasteiger partial charge >= 0.3 is 0 Å². The summed E-state index contributed by atoms with van der Waals surface area (Å²) in [5, 5.41) is 28.9. The molecule has 0 spiro atoms. The normalized spacial score (nSPS) is 10.2. The van der Waals surface area contributed by atoms with Gasteiger partial charge in [-0.2, -0.15) is 18.4 Å². The van der Waals surface area contributed by atoms with E-state index in [1.165, 1.54) is 33.1 Å². The highest BCUT2D eigenvalue weighted by Gasteiger charge is 2.08. The topological polar surface area (TPSA) is 114 Å². The van der Waals surface area contributed by atoms with Crippen LogP contribution in [0.1, 0.15) is 196 Å². The fraction of sp³-hybridized carbons (Fsp3) is 0.451. The predicted molar refractivity (Wildman–Crippen MR) is 304 cm³/mol. The van der Waals surface area contributed by atoms with Gasteiger partial charge in [0, 0.05) is 79.1 Å². The summed E-state index contributed by atoms with van der Waals surface area (Å²) < 4.78 is 48.2. The van der Waals surface area contributed by atoms with Gasteiger partial charge in [0.1, 0.15) is 32.9 Å². The number of thiazole rings is 7. The third kappa shape index (κ3) is 27.9. The summed E-state index contributed by atoms with van der Waals surface area (Å²) in [5.41, 5.74) is 2.41. The summed E-state index contributed by atoms with van der Waals surface area (Å²) in [6.45, 7) is 28.4. The van der Waals surface area contributed by atoms with Gasteiger partial charge in [-0.25, -0.2) is 39.3 Å². The largest absolute Gasteiger partial charge is 0.299 e. The molecule has 0 bridgehead atoms. The zero-order valence-electron chi connectivity index (χ0n) is 42.6. The summed E-state index contributed by atoms with van der Waals surface area (Å²) in [6.07, 6.45) is 2.58. The molecule has 0 aliphatic heterocycles. The van der Waals surface area contributed by atoms with Crippen molar-refractivity contribution in [3.63, 3.8) is 0 Å². The van der Waals surface area contributed by atoms with Gasteiger partial charge in [0.05, 0.1) is 35.1 Å². The molecule has 388 valence electrons. The van der Waals surface area contributed by atoms with Crippen molar-refractivity contribution in [1.82, 2.24) is 34.9 Å². The van der Waals surface area contributed by atoms with E-state index in [1.54, 1.807) is 73.4 Å². The average molecular weight is 1200 g/mol. The Bertz CT molecular complexity index is 2640. The molecule has 8 nitrogen and oxygen atoms in total. The Kier molecular flexibility index (Phi) is 33.1. The molecule has 0 aromatic carbocycles. The van der Waals surface area contributed by atoms with Crippen LogP contribution in [-0.2, 0) is 0 Å². The molecular formula is C51H60BrClF4N8S7. The first-order valence-electron chi connectivity index (χ1n) is 22.3. The highest BCUT2D eigenvalue weighted by atomic mass is 79.9. The predicted octanol–water partition coefficient (Wildman–Crippen LogP) is 18.2. The van der Waals surface area contributed by atoms with Crippen molar-refractivity contribution in [2.24, 2.45) is 0 Å². The van der Waals surface area contributed by atoms with Gasteiger partial charge in [0.2, 0.25) is 5.95 Å². The maximum atomic E-state index is 12.2. The molecule has 0 radical (unpaired) electrons. The van der Waals surface area contributed by atoms with Crippen LogP contribution in [-0.4, -0.2) is 48.0 Å². The van der Waals surface area contributed by atoms with E-state index in [0.29, 0.717) is 63.7 Å². The van der Waals surface area contributed by atoms with Crippen LogP contribution < -0.4 is 0 Å². The fourth-order valence-electron chi connectivity index (χ4n) is 4.29. The van der Waals surface area contributed by atoms with Crippen LogP contribution in [0.4, 0.5) is 17.6 Å². The molecule has 7 rings (SSSR count). The standard InChI is InChI=1S/C9H9F2NS.C9H10FNS.C8H9NS.C7H8N2S.C6H8BrNS.C6H8ClNS.C6H8FNS/c1-6(2)9-12-7(5-13-9)3-4-8(10)11;1-7(2)9-11-8(6-12-9)4-3-5-10;1-4-7-5-10-8(9-7)6(2)3;1-5(2)7-9-6(3-8)4-10-7;3*1-4(2)6-8-5(7)3-9-6/h5-6,8H,1-2H3;6-7H,5H2,1-2H3;1,5-6H,2-3H3;4-5H,1-2H3;3*3-4H,1-2H3. The summed E-state index contributed by atoms with van der Waals surface area (Å²) in [4.78, 5) is 28.6. The van der Waals surface area contributed by atoms with E-state index in [2.05, 4.69) is 144 Å². The second-order valence-electron chi connectivity index (χ2n) is 16.7. The minimum Gasteiger partial charge on any atom is -0.237 e. The van der Waals surface area contributed by atoms with E-state index in [0.717, 1.165) is 40.3 Å². The smallest absolute Gasteiger partial charge is 0.237 e. The maximum Gasteiger partial charge on any atom is 0.299 e. The Morgan fingerprint density at radius 3 is 1.12 bits per heavy atom. The van der Waals surface area contributed by atoms with Gasteiger partial charge in [-0.05, 0) is 39.6 Å². The minimum atomic E-state index is -2.58. The first kappa shape index (κ1) is 66.1. The van der Waals surface area contributed by atoms with Crippen LogP contribution in [0.3, 0.4) is 0 Å². The second-order valence-corrected chi connectivity index (χ2v) is 24.1. The van der Waals surface area contributed by atoms with Crippen molar-refractivity contribution in [3.05, 3.63) is 111 Å².